The molecule has 2 amide bonds. The number of carbonyl (C=O) groups is 1. The Kier molecular flexibility index (Phi) is 6.02. The van der Waals surface area contributed by atoms with Crippen LogP contribution in [-0.4, -0.2) is 27.0 Å². The third-order valence-electron chi connectivity index (χ3n) is 6.04. The van der Waals surface area contributed by atoms with Crippen molar-refractivity contribution in [3.05, 3.63) is 75.7 Å². The number of carbonyl (C=O) groups excluding carboxylic acids is 1. The molecule has 0 bridgehead atoms. The van der Waals surface area contributed by atoms with Crippen LogP contribution in [-0.2, 0) is 0 Å². The number of nitrogens with zero attached hydrogens (tertiary/aromatic N) is 2. The van der Waals surface area contributed by atoms with Gasteiger partial charge in [0, 0.05) is 28.9 Å². The summed E-state index contributed by atoms with van der Waals surface area (Å²) < 4.78 is 0. The summed E-state index contributed by atoms with van der Waals surface area (Å²) in [5, 5.41) is 6.50. The van der Waals surface area contributed by atoms with E-state index in [4.69, 9.17) is 16.6 Å². The highest BCUT2D eigenvalue weighted by Gasteiger charge is 2.18. The maximum atomic E-state index is 13.0. The van der Waals surface area contributed by atoms with Crippen LogP contribution in [0.2, 0.25) is 5.15 Å². The first kappa shape index (κ1) is 22.1. The number of aromatic nitrogens is 3. The highest BCUT2D eigenvalue weighted by Crippen LogP contribution is 2.33. The van der Waals surface area contributed by atoms with Crippen molar-refractivity contribution in [1.29, 1.82) is 0 Å². The highest BCUT2D eigenvalue weighted by molar-refractivity contribution is 6.29. The summed E-state index contributed by atoms with van der Waals surface area (Å²) in [5.41, 5.74) is 4.10. The fourth-order valence-electron chi connectivity index (χ4n) is 4.47. The molecule has 4 aromatic rings. The molecule has 7 nitrogen and oxygen atoms in total. The minimum Gasteiger partial charge on any atom is -0.335 e. The van der Waals surface area contributed by atoms with Crippen LogP contribution in [0.4, 0.5) is 10.6 Å². The van der Waals surface area contributed by atoms with Crippen LogP contribution in [0.5, 0.6) is 0 Å². The van der Waals surface area contributed by atoms with E-state index in [0.29, 0.717) is 27.7 Å². The Bertz CT molecular complexity index is 1410. The van der Waals surface area contributed by atoms with Gasteiger partial charge in [-0.25, -0.2) is 14.8 Å². The monoisotopic (exact) mass is 473 g/mol. The third kappa shape index (κ3) is 4.65. The number of amides is 2. The number of urea groups is 1. The summed E-state index contributed by atoms with van der Waals surface area (Å²) in [6.45, 7) is 1.87. The molecular formula is C26H24ClN5O2. The summed E-state index contributed by atoms with van der Waals surface area (Å²) in [4.78, 5) is 37.6. The highest BCUT2D eigenvalue weighted by atomic mass is 35.5. The van der Waals surface area contributed by atoms with Gasteiger partial charge >= 0.3 is 6.03 Å². The van der Waals surface area contributed by atoms with E-state index in [1.165, 1.54) is 6.07 Å². The molecule has 1 aliphatic rings. The number of pyridine rings is 3. The topological polar surface area (TPSA) is 99.8 Å². The van der Waals surface area contributed by atoms with Gasteiger partial charge < -0.3 is 10.3 Å². The molecule has 3 heterocycles. The largest absolute Gasteiger partial charge is 0.335 e. The maximum Gasteiger partial charge on any atom is 0.320 e. The molecule has 1 aliphatic carbocycles. The van der Waals surface area contributed by atoms with E-state index in [1.54, 1.807) is 6.07 Å². The number of hydrogen-bond donors (Lipinski definition) is 3. The van der Waals surface area contributed by atoms with Gasteiger partial charge in [-0.15, -0.1) is 0 Å². The fraction of sp³-hybridized carbons (Fsp3) is 0.231. The van der Waals surface area contributed by atoms with Gasteiger partial charge in [-0.1, -0.05) is 54.8 Å². The molecule has 0 radical (unpaired) electrons. The lowest BCUT2D eigenvalue weighted by atomic mass is 9.98. The molecule has 5 rings (SSSR count). The Morgan fingerprint density at radius 3 is 2.53 bits per heavy atom. The van der Waals surface area contributed by atoms with Gasteiger partial charge in [0.2, 0.25) is 0 Å². The quantitative estimate of drug-likeness (QED) is 0.332. The summed E-state index contributed by atoms with van der Waals surface area (Å²) >= 11 is 6.23. The van der Waals surface area contributed by atoms with E-state index < -0.39 is 0 Å². The first-order valence-electron chi connectivity index (χ1n) is 11.3. The van der Waals surface area contributed by atoms with Crippen molar-refractivity contribution in [2.75, 3.05) is 5.32 Å². The zero-order valence-electron chi connectivity index (χ0n) is 18.7. The molecule has 3 N–H and O–H groups in total. The van der Waals surface area contributed by atoms with Crippen LogP contribution >= 0.6 is 11.6 Å². The molecule has 3 aromatic heterocycles. The van der Waals surface area contributed by atoms with E-state index in [0.717, 1.165) is 48.1 Å². The van der Waals surface area contributed by atoms with Crippen molar-refractivity contribution in [3.8, 4) is 22.4 Å². The second-order valence-electron chi connectivity index (χ2n) is 8.59. The average Bonchev–Trinajstić information content (AvgIpc) is 3.31. The predicted molar refractivity (Wildman–Crippen MR) is 135 cm³/mol. The zero-order valence-corrected chi connectivity index (χ0v) is 19.4. The number of aryl methyl sites for hydroxylation is 1. The summed E-state index contributed by atoms with van der Waals surface area (Å²) in [5.74, 6) is 0.301. The zero-order chi connectivity index (χ0) is 23.7. The Morgan fingerprint density at radius 1 is 1.03 bits per heavy atom. The number of H-pyrrole nitrogens is 1. The first-order chi connectivity index (χ1) is 16.5. The molecule has 0 saturated heterocycles. The van der Waals surface area contributed by atoms with E-state index in [2.05, 4.69) is 20.6 Å². The van der Waals surface area contributed by atoms with Crippen LogP contribution in [0.25, 0.3) is 33.4 Å². The number of hydrogen-bond acceptors (Lipinski definition) is 4. The number of benzene rings is 1. The Labute approximate surface area is 201 Å². The molecule has 8 heteroatoms. The van der Waals surface area contributed by atoms with Crippen molar-refractivity contribution >= 4 is 34.5 Å². The number of aromatic amines is 1. The van der Waals surface area contributed by atoms with Gasteiger partial charge in [0.05, 0.1) is 11.1 Å². The average molecular weight is 474 g/mol. The molecule has 34 heavy (non-hydrogen) atoms. The van der Waals surface area contributed by atoms with Crippen molar-refractivity contribution < 1.29 is 4.79 Å². The Balaban J connectivity index is 1.60. The standard InChI is InChI=1S/C26H24ClN5O2/c1-15-11-17(12-22(27)28-15)19-13-20-21(33)14-23(31-26(34)29-18-9-5-6-10-18)30-25(20)32-24(19)16-7-3-2-4-8-16/h2-4,7-8,11-14,18H,5-6,9-10H2,1H3,(H3,29,30,31,32,33,34). The van der Waals surface area contributed by atoms with Gasteiger partial charge in [0.25, 0.3) is 0 Å². The lowest BCUT2D eigenvalue weighted by Crippen LogP contribution is -2.36. The smallest absolute Gasteiger partial charge is 0.320 e. The summed E-state index contributed by atoms with van der Waals surface area (Å²) in [7, 11) is 0. The molecule has 0 unspecified atom stereocenters. The molecule has 0 spiro atoms. The summed E-state index contributed by atoms with van der Waals surface area (Å²) in [6.07, 6.45) is 4.19. The molecule has 0 aliphatic heterocycles. The molecule has 0 atom stereocenters. The number of nitrogens with one attached hydrogen (secondary N) is 3. The van der Waals surface area contributed by atoms with Crippen molar-refractivity contribution in [3.63, 3.8) is 0 Å². The Morgan fingerprint density at radius 2 is 1.79 bits per heavy atom. The molecule has 1 fully saturated rings. The van der Waals surface area contributed by atoms with Crippen LogP contribution in [0.3, 0.4) is 0 Å². The molecule has 172 valence electrons. The van der Waals surface area contributed by atoms with E-state index >= 15 is 0 Å². The minimum absolute atomic E-state index is 0.174. The maximum absolute atomic E-state index is 13.0. The predicted octanol–water partition coefficient (Wildman–Crippen LogP) is 5.68. The normalized spacial score (nSPS) is 13.8. The van der Waals surface area contributed by atoms with E-state index in [9.17, 15) is 9.59 Å². The van der Waals surface area contributed by atoms with Crippen LogP contribution in [0, 0.1) is 6.92 Å². The van der Waals surface area contributed by atoms with Crippen molar-refractivity contribution in [2.24, 2.45) is 0 Å². The third-order valence-corrected chi connectivity index (χ3v) is 6.23. The lowest BCUT2D eigenvalue weighted by molar-refractivity contribution is 0.248. The van der Waals surface area contributed by atoms with Crippen molar-refractivity contribution in [2.45, 2.75) is 38.6 Å². The SMILES string of the molecule is Cc1cc(-c2cc3c(=O)cc(NC(=O)NC4CCCC4)[nH]c3nc2-c2ccccc2)cc(Cl)n1. The Hall–Kier alpha value is -3.71. The van der Waals surface area contributed by atoms with Crippen LogP contribution in [0.1, 0.15) is 31.4 Å². The van der Waals surface area contributed by atoms with Gasteiger partial charge in [-0.2, -0.15) is 0 Å². The van der Waals surface area contributed by atoms with Gasteiger partial charge in [0.15, 0.2) is 5.43 Å². The lowest BCUT2D eigenvalue weighted by Gasteiger charge is -2.14. The van der Waals surface area contributed by atoms with Crippen LogP contribution in [0.15, 0.2) is 59.4 Å². The van der Waals surface area contributed by atoms with Gasteiger partial charge in [-0.3, -0.25) is 10.1 Å². The second kappa shape index (κ2) is 9.27. The molecular weight excluding hydrogens is 450 g/mol. The summed E-state index contributed by atoms with van der Waals surface area (Å²) in [6, 6.07) is 16.5. The first-order valence-corrected chi connectivity index (χ1v) is 11.7. The number of rotatable bonds is 4. The number of halogens is 1. The second-order valence-corrected chi connectivity index (χ2v) is 8.98. The van der Waals surface area contributed by atoms with Gasteiger partial charge in [0.1, 0.15) is 16.6 Å². The number of fused-ring (bicyclic) bond motifs is 1. The fourth-order valence-corrected chi connectivity index (χ4v) is 4.72. The van der Waals surface area contributed by atoms with E-state index in [1.807, 2.05) is 49.4 Å². The van der Waals surface area contributed by atoms with E-state index in [-0.39, 0.29) is 17.5 Å². The van der Waals surface area contributed by atoms with Crippen LogP contribution < -0.4 is 16.1 Å². The number of anilines is 1. The van der Waals surface area contributed by atoms with Gasteiger partial charge in [-0.05, 0) is 43.5 Å². The molecule has 1 aromatic carbocycles. The molecule has 1 saturated carbocycles. The minimum atomic E-state index is -0.330. The van der Waals surface area contributed by atoms with Crippen molar-refractivity contribution in [1.82, 2.24) is 20.3 Å².